The van der Waals surface area contributed by atoms with Gasteiger partial charge in [0.2, 0.25) is 0 Å². The van der Waals surface area contributed by atoms with Crippen molar-refractivity contribution in [3.63, 3.8) is 0 Å². The molecule has 19 heavy (non-hydrogen) atoms. The molecular formula is C13H15N5O. The van der Waals surface area contributed by atoms with E-state index in [1.54, 1.807) is 0 Å². The number of nitriles is 1. The maximum Gasteiger partial charge on any atom is 0.317 e. The lowest BCUT2D eigenvalue weighted by atomic mass is 10.1. The van der Waals surface area contributed by atoms with E-state index in [2.05, 4.69) is 21.3 Å². The molecule has 6 nitrogen and oxygen atoms in total. The number of anilines is 1. The molecule has 0 aliphatic carbocycles. The van der Waals surface area contributed by atoms with Crippen LogP contribution in [0.25, 0.3) is 0 Å². The number of rotatable bonds is 1. The van der Waals surface area contributed by atoms with Gasteiger partial charge >= 0.3 is 6.03 Å². The molecule has 1 aromatic heterocycles. The molecule has 0 bridgehead atoms. The molecule has 3 rings (SSSR count). The lowest BCUT2D eigenvalue weighted by Gasteiger charge is -2.37. The normalized spacial score (nSPS) is 21.9. The predicted molar refractivity (Wildman–Crippen MR) is 69.8 cm³/mol. The summed E-state index contributed by atoms with van der Waals surface area (Å²) in [5.74, 6) is 0.737. The van der Waals surface area contributed by atoms with Crippen LogP contribution in [0.1, 0.15) is 11.3 Å². The smallest absolute Gasteiger partial charge is 0.317 e. The fourth-order valence-corrected chi connectivity index (χ4v) is 2.67. The molecule has 0 radical (unpaired) electrons. The average Bonchev–Trinajstić information content (AvgIpc) is 2.80. The molecule has 1 N–H and O–H groups in total. The minimum Gasteiger partial charge on any atom is -0.352 e. The number of pyridine rings is 1. The van der Waals surface area contributed by atoms with Crippen LogP contribution in [0.15, 0.2) is 12.1 Å². The molecular weight excluding hydrogens is 242 g/mol. The monoisotopic (exact) mass is 257 g/mol. The first kappa shape index (κ1) is 11.8. The number of nitrogens with one attached hydrogen (secondary N) is 1. The highest BCUT2D eigenvalue weighted by molar-refractivity contribution is 5.77. The maximum atomic E-state index is 11.6. The van der Waals surface area contributed by atoms with Crippen LogP contribution in [0.5, 0.6) is 0 Å². The molecule has 98 valence electrons. The summed E-state index contributed by atoms with van der Waals surface area (Å²) in [7, 11) is 0. The Kier molecular flexibility index (Phi) is 2.75. The first-order valence-electron chi connectivity index (χ1n) is 6.36. The summed E-state index contributed by atoms with van der Waals surface area (Å²) in [5, 5.41) is 12.0. The number of carbonyl (C=O) groups excluding carboxylic acids is 1. The third-order valence-corrected chi connectivity index (χ3v) is 3.67. The fraction of sp³-hybridized carbons (Fsp3) is 0.462. The number of hydrogen-bond acceptors (Lipinski definition) is 4. The van der Waals surface area contributed by atoms with Gasteiger partial charge in [-0.3, -0.25) is 0 Å². The Hall–Kier alpha value is -2.29. The molecule has 1 atom stereocenters. The van der Waals surface area contributed by atoms with Gasteiger partial charge < -0.3 is 15.1 Å². The van der Waals surface area contributed by atoms with E-state index in [1.165, 1.54) is 0 Å². The zero-order valence-electron chi connectivity index (χ0n) is 10.8. The van der Waals surface area contributed by atoms with Crippen LogP contribution in [0.4, 0.5) is 10.6 Å². The van der Waals surface area contributed by atoms with Crippen molar-refractivity contribution >= 4 is 11.8 Å². The van der Waals surface area contributed by atoms with Crippen molar-refractivity contribution in [3.8, 4) is 6.07 Å². The van der Waals surface area contributed by atoms with E-state index in [-0.39, 0.29) is 12.1 Å². The van der Waals surface area contributed by atoms with E-state index < -0.39 is 0 Å². The second-order valence-corrected chi connectivity index (χ2v) is 4.91. The van der Waals surface area contributed by atoms with E-state index in [0.717, 1.165) is 24.6 Å². The van der Waals surface area contributed by atoms with E-state index >= 15 is 0 Å². The summed E-state index contributed by atoms with van der Waals surface area (Å²) in [6, 6.07) is 6.03. The number of carbonyl (C=O) groups is 1. The standard InChI is InChI=1S/C13H15N5O/c1-9-2-3-10(6-14)12(16-9)17-4-5-18-11(8-17)7-15-13(18)19/h2-3,11H,4-5,7-8H2,1H3,(H,15,19). The van der Waals surface area contributed by atoms with Crippen molar-refractivity contribution < 1.29 is 4.79 Å². The van der Waals surface area contributed by atoms with E-state index in [9.17, 15) is 10.1 Å². The van der Waals surface area contributed by atoms with E-state index in [1.807, 2.05) is 24.0 Å². The summed E-state index contributed by atoms with van der Waals surface area (Å²) in [6.07, 6.45) is 0. The molecule has 0 spiro atoms. The van der Waals surface area contributed by atoms with Gasteiger partial charge in [-0.2, -0.15) is 5.26 Å². The van der Waals surface area contributed by atoms with Crippen molar-refractivity contribution in [2.45, 2.75) is 13.0 Å². The highest BCUT2D eigenvalue weighted by atomic mass is 16.2. The second-order valence-electron chi connectivity index (χ2n) is 4.91. The Morgan fingerprint density at radius 2 is 2.32 bits per heavy atom. The maximum absolute atomic E-state index is 11.6. The van der Waals surface area contributed by atoms with Gasteiger partial charge in [0.05, 0.1) is 11.6 Å². The zero-order valence-corrected chi connectivity index (χ0v) is 10.8. The van der Waals surface area contributed by atoms with Crippen LogP contribution >= 0.6 is 0 Å². The Morgan fingerprint density at radius 3 is 3.11 bits per heavy atom. The minimum atomic E-state index is 0.0161. The first-order valence-corrected chi connectivity index (χ1v) is 6.36. The van der Waals surface area contributed by atoms with Crippen molar-refractivity contribution in [2.75, 3.05) is 31.1 Å². The number of aryl methyl sites for hydroxylation is 1. The summed E-state index contributed by atoms with van der Waals surface area (Å²) < 4.78 is 0. The predicted octanol–water partition coefficient (Wildman–Crippen LogP) is 0.475. The second kappa shape index (κ2) is 4.43. The summed E-state index contributed by atoms with van der Waals surface area (Å²) >= 11 is 0. The Balaban J connectivity index is 1.86. The van der Waals surface area contributed by atoms with Gasteiger partial charge in [-0.25, -0.2) is 9.78 Å². The quantitative estimate of drug-likeness (QED) is 0.794. The lowest BCUT2D eigenvalue weighted by Crippen LogP contribution is -2.52. The number of hydrogen-bond donors (Lipinski definition) is 1. The van der Waals surface area contributed by atoms with Crippen molar-refractivity contribution in [3.05, 3.63) is 23.4 Å². The van der Waals surface area contributed by atoms with Crippen LogP contribution in [0.3, 0.4) is 0 Å². The molecule has 0 aromatic carbocycles. The molecule has 2 aliphatic rings. The zero-order chi connectivity index (χ0) is 13.4. The molecule has 6 heteroatoms. The topological polar surface area (TPSA) is 72.3 Å². The van der Waals surface area contributed by atoms with Crippen LogP contribution in [0.2, 0.25) is 0 Å². The summed E-state index contributed by atoms with van der Waals surface area (Å²) in [5.41, 5.74) is 1.49. The molecule has 2 aliphatic heterocycles. The minimum absolute atomic E-state index is 0.0161. The number of aromatic nitrogens is 1. The van der Waals surface area contributed by atoms with Gasteiger partial charge in [0.15, 0.2) is 0 Å². The fourth-order valence-electron chi connectivity index (χ4n) is 2.67. The molecule has 1 unspecified atom stereocenters. The molecule has 2 fully saturated rings. The highest BCUT2D eigenvalue weighted by Gasteiger charge is 2.36. The Bertz CT molecular complexity index is 565. The van der Waals surface area contributed by atoms with Gasteiger partial charge in [0, 0.05) is 31.9 Å². The van der Waals surface area contributed by atoms with Crippen LogP contribution < -0.4 is 10.2 Å². The third-order valence-electron chi connectivity index (χ3n) is 3.67. The van der Waals surface area contributed by atoms with Gasteiger partial charge in [-0.05, 0) is 19.1 Å². The first-order chi connectivity index (χ1) is 9.19. The van der Waals surface area contributed by atoms with Gasteiger partial charge in [0.25, 0.3) is 0 Å². The van der Waals surface area contributed by atoms with Gasteiger partial charge in [0.1, 0.15) is 11.9 Å². The lowest BCUT2D eigenvalue weighted by molar-refractivity contribution is 0.197. The van der Waals surface area contributed by atoms with Crippen molar-refractivity contribution in [2.24, 2.45) is 0 Å². The molecule has 1 aromatic rings. The van der Waals surface area contributed by atoms with Crippen molar-refractivity contribution in [1.82, 2.24) is 15.2 Å². The van der Waals surface area contributed by atoms with E-state index in [4.69, 9.17) is 0 Å². The Morgan fingerprint density at radius 1 is 1.47 bits per heavy atom. The van der Waals surface area contributed by atoms with Crippen LogP contribution in [0, 0.1) is 18.3 Å². The number of urea groups is 1. The van der Waals surface area contributed by atoms with Crippen LogP contribution in [-0.4, -0.2) is 48.1 Å². The molecule has 2 amide bonds. The molecule has 0 saturated carbocycles. The number of piperazine rings is 1. The number of nitrogens with zero attached hydrogens (tertiary/aromatic N) is 4. The average molecular weight is 257 g/mol. The summed E-state index contributed by atoms with van der Waals surface area (Å²) in [4.78, 5) is 20.0. The SMILES string of the molecule is Cc1ccc(C#N)c(N2CCN3C(=O)NCC3C2)n1. The molecule has 3 heterocycles. The highest BCUT2D eigenvalue weighted by Crippen LogP contribution is 2.23. The summed E-state index contributed by atoms with van der Waals surface area (Å²) in [6.45, 7) is 4.71. The Labute approximate surface area is 111 Å². The van der Waals surface area contributed by atoms with E-state index in [0.29, 0.717) is 18.7 Å². The van der Waals surface area contributed by atoms with Crippen molar-refractivity contribution in [1.29, 1.82) is 5.26 Å². The number of fused-ring (bicyclic) bond motifs is 1. The van der Waals surface area contributed by atoms with Crippen LogP contribution in [-0.2, 0) is 0 Å². The number of amides is 2. The molecule has 2 saturated heterocycles. The van der Waals surface area contributed by atoms with Gasteiger partial charge in [-0.15, -0.1) is 0 Å². The third kappa shape index (κ3) is 1.97. The van der Waals surface area contributed by atoms with Gasteiger partial charge in [-0.1, -0.05) is 0 Å². The largest absolute Gasteiger partial charge is 0.352 e.